The summed E-state index contributed by atoms with van der Waals surface area (Å²) in [5.74, 6) is 0.727. The van der Waals surface area contributed by atoms with Crippen molar-refractivity contribution in [2.24, 2.45) is 0 Å². The van der Waals surface area contributed by atoms with Gasteiger partial charge in [0.25, 0.3) is 0 Å². The van der Waals surface area contributed by atoms with E-state index in [9.17, 15) is 4.79 Å². The van der Waals surface area contributed by atoms with Crippen molar-refractivity contribution in [3.05, 3.63) is 108 Å². The molecule has 0 aliphatic heterocycles. The van der Waals surface area contributed by atoms with E-state index in [4.69, 9.17) is 4.42 Å². The van der Waals surface area contributed by atoms with Gasteiger partial charge >= 0.3 is 0 Å². The minimum Gasteiger partial charge on any atom is -0.467 e. The number of hydrogen-bond donors (Lipinski definition) is 2. The summed E-state index contributed by atoms with van der Waals surface area (Å²) in [5.41, 5.74) is 2.14. The van der Waals surface area contributed by atoms with Gasteiger partial charge in [-0.3, -0.25) is 10.1 Å². The molecule has 29 heavy (non-hydrogen) atoms. The predicted octanol–water partition coefficient (Wildman–Crippen LogP) is 4.99. The van der Waals surface area contributed by atoms with Gasteiger partial charge in [-0.15, -0.1) is 0 Å². The number of nitrogens with one attached hydrogen (secondary N) is 2. The lowest BCUT2D eigenvalue weighted by molar-refractivity contribution is -0.121. The van der Waals surface area contributed by atoms with Gasteiger partial charge in [-0.25, -0.2) is 0 Å². The molecular formula is C25H24N2O2. The molecule has 0 bridgehead atoms. The van der Waals surface area contributed by atoms with Crippen LogP contribution in [0.2, 0.25) is 0 Å². The number of benzene rings is 3. The largest absolute Gasteiger partial charge is 0.467 e. The Labute approximate surface area is 170 Å². The van der Waals surface area contributed by atoms with E-state index in [0.29, 0.717) is 0 Å². The van der Waals surface area contributed by atoms with Crippen LogP contribution in [0.5, 0.6) is 0 Å². The van der Waals surface area contributed by atoms with Crippen LogP contribution in [0.15, 0.2) is 95.6 Å². The van der Waals surface area contributed by atoms with Crippen LogP contribution in [0.1, 0.15) is 35.9 Å². The lowest BCUT2D eigenvalue weighted by atomic mass is 10.0. The molecule has 1 amide bonds. The van der Waals surface area contributed by atoms with Gasteiger partial charge in [0.2, 0.25) is 5.91 Å². The zero-order valence-corrected chi connectivity index (χ0v) is 16.3. The zero-order chi connectivity index (χ0) is 20.1. The third-order valence-corrected chi connectivity index (χ3v) is 5.08. The van der Waals surface area contributed by atoms with Crippen molar-refractivity contribution >= 4 is 16.7 Å². The quantitative estimate of drug-likeness (QED) is 0.472. The van der Waals surface area contributed by atoms with Gasteiger partial charge < -0.3 is 9.73 Å². The molecule has 3 aromatic carbocycles. The van der Waals surface area contributed by atoms with Crippen molar-refractivity contribution in [1.29, 1.82) is 0 Å². The summed E-state index contributed by atoms with van der Waals surface area (Å²) in [7, 11) is 0. The molecule has 0 aliphatic rings. The molecule has 0 fully saturated rings. The van der Waals surface area contributed by atoms with E-state index in [1.54, 1.807) is 6.26 Å². The van der Waals surface area contributed by atoms with Crippen LogP contribution >= 0.6 is 0 Å². The van der Waals surface area contributed by atoms with E-state index in [0.717, 1.165) is 16.9 Å². The summed E-state index contributed by atoms with van der Waals surface area (Å²) in [5, 5.41) is 8.77. The van der Waals surface area contributed by atoms with Crippen LogP contribution in [0, 0.1) is 0 Å². The predicted molar refractivity (Wildman–Crippen MR) is 116 cm³/mol. The Balaban J connectivity index is 1.41. The summed E-state index contributed by atoms with van der Waals surface area (Å²) in [6, 6.07) is 28.0. The Morgan fingerprint density at radius 2 is 1.62 bits per heavy atom. The average molecular weight is 384 g/mol. The highest BCUT2D eigenvalue weighted by molar-refractivity contribution is 5.83. The standard InChI is InChI=1S/C25H24N2O2/c1-18(21-14-13-19-8-5-6-11-22(19)16-21)27-24(28)17-26-25(23-12-7-15-29-23)20-9-3-2-4-10-20/h2-16,18,25-26H,17H2,1H3,(H,27,28)/t18-,25+/m0/s1. The van der Waals surface area contributed by atoms with Crippen LogP contribution in [0.3, 0.4) is 0 Å². The first-order chi connectivity index (χ1) is 14.2. The molecule has 146 valence electrons. The summed E-state index contributed by atoms with van der Waals surface area (Å²) >= 11 is 0. The van der Waals surface area contributed by atoms with Crippen molar-refractivity contribution in [3.63, 3.8) is 0 Å². The average Bonchev–Trinajstić information content (AvgIpc) is 3.29. The van der Waals surface area contributed by atoms with Gasteiger partial charge in [-0.05, 0) is 47.0 Å². The van der Waals surface area contributed by atoms with Crippen molar-refractivity contribution in [1.82, 2.24) is 10.6 Å². The van der Waals surface area contributed by atoms with Crippen molar-refractivity contribution < 1.29 is 9.21 Å². The van der Waals surface area contributed by atoms with Crippen LogP contribution in [0.25, 0.3) is 10.8 Å². The molecule has 1 heterocycles. The first-order valence-corrected chi connectivity index (χ1v) is 9.80. The molecule has 0 spiro atoms. The van der Waals surface area contributed by atoms with E-state index < -0.39 is 0 Å². The molecular weight excluding hydrogens is 360 g/mol. The summed E-state index contributed by atoms with van der Waals surface area (Å²) in [4.78, 5) is 12.6. The molecule has 0 radical (unpaired) electrons. The number of carbonyl (C=O) groups excluding carboxylic acids is 1. The number of amides is 1. The van der Waals surface area contributed by atoms with Crippen molar-refractivity contribution in [2.75, 3.05) is 6.54 Å². The Morgan fingerprint density at radius 1 is 0.862 bits per heavy atom. The summed E-state index contributed by atoms with van der Waals surface area (Å²) < 4.78 is 5.58. The number of carbonyl (C=O) groups is 1. The Morgan fingerprint density at radius 3 is 2.38 bits per heavy atom. The van der Waals surface area contributed by atoms with Crippen LogP contribution in [-0.2, 0) is 4.79 Å². The van der Waals surface area contributed by atoms with Crippen molar-refractivity contribution in [3.8, 4) is 0 Å². The smallest absolute Gasteiger partial charge is 0.234 e. The second-order valence-corrected chi connectivity index (χ2v) is 7.14. The second kappa shape index (κ2) is 8.76. The fourth-order valence-corrected chi connectivity index (χ4v) is 3.53. The molecule has 1 aromatic heterocycles. The van der Waals surface area contributed by atoms with E-state index in [-0.39, 0.29) is 24.5 Å². The maximum atomic E-state index is 12.6. The number of rotatable bonds is 7. The molecule has 4 heteroatoms. The number of hydrogen-bond acceptors (Lipinski definition) is 3. The summed E-state index contributed by atoms with van der Waals surface area (Å²) in [6.45, 7) is 2.20. The molecule has 0 aliphatic carbocycles. The van der Waals surface area contributed by atoms with Crippen LogP contribution in [0.4, 0.5) is 0 Å². The van der Waals surface area contributed by atoms with E-state index in [1.807, 2.05) is 61.5 Å². The molecule has 4 rings (SSSR count). The first kappa shape index (κ1) is 19.0. The highest BCUT2D eigenvalue weighted by Crippen LogP contribution is 2.22. The fourth-order valence-electron chi connectivity index (χ4n) is 3.53. The number of furan rings is 1. The van der Waals surface area contributed by atoms with Gasteiger partial charge in [-0.1, -0.05) is 66.7 Å². The normalized spacial score (nSPS) is 13.1. The lowest BCUT2D eigenvalue weighted by Crippen LogP contribution is -2.37. The van der Waals surface area contributed by atoms with E-state index in [1.165, 1.54) is 10.8 Å². The minimum atomic E-state index is -0.173. The zero-order valence-electron chi connectivity index (χ0n) is 16.3. The SMILES string of the molecule is C[C@H](NC(=O)CN[C@H](c1ccccc1)c1ccco1)c1ccc2ccccc2c1. The topological polar surface area (TPSA) is 54.3 Å². The molecule has 0 unspecified atom stereocenters. The highest BCUT2D eigenvalue weighted by Gasteiger charge is 2.18. The van der Waals surface area contributed by atoms with Gasteiger partial charge in [0.1, 0.15) is 5.76 Å². The Kier molecular flexibility index (Phi) is 5.73. The first-order valence-electron chi connectivity index (χ1n) is 9.80. The third kappa shape index (κ3) is 4.55. The van der Waals surface area contributed by atoms with Crippen LogP contribution in [-0.4, -0.2) is 12.5 Å². The highest BCUT2D eigenvalue weighted by atomic mass is 16.3. The van der Waals surface area contributed by atoms with Gasteiger partial charge in [0.15, 0.2) is 0 Å². The second-order valence-electron chi connectivity index (χ2n) is 7.14. The monoisotopic (exact) mass is 384 g/mol. The van der Waals surface area contributed by atoms with Gasteiger partial charge in [0, 0.05) is 0 Å². The Hall–Kier alpha value is -3.37. The molecule has 2 atom stereocenters. The van der Waals surface area contributed by atoms with Gasteiger partial charge in [-0.2, -0.15) is 0 Å². The number of fused-ring (bicyclic) bond motifs is 1. The molecule has 0 saturated heterocycles. The Bertz CT molecular complexity index is 1070. The van der Waals surface area contributed by atoms with Gasteiger partial charge in [0.05, 0.1) is 24.9 Å². The molecule has 4 aromatic rings. The maximum Gasteiger partial charge on any atom is 0.234 e. The molecule has 2 N–H and O–H groups in total. The van der Waals surface area contributed by atoms with Crippen molar-refractivity contribution in [2.45, 2.75) is 19.0 Å². The minimum absolute atomic E-state index is 0.0573. The molecule has 0 saturated carbocycles. The summed E-state index contributed by atoms with van der Waals surface area (Å²) in [6.07, 6.45) is 1.65. The fraction of sp³-hybridized carbons (Fsp3) is 0.160. The lowest BCUT2D eigenvalue weighted by Gasteiger charge is -2.19. The van der Waals surface area contributed by atoms with E-state index in [2.05, 4.69) is 41.0 Å². The van der Waals surface area contributed by atoms with E-state index >= 15 is 0 Å². The third-order valence-electron chi connectivity index (χ3n) is 5.08. The van der Waals surface area contributed by atoms with Crippen LogP contribution < -0.4 is 10.6 Å². The maximum absolute atomic E-state index is 12.6. The molecule has 4 nitrogen and oxygen atoms in total.